The maximum absolute atomic E-state index is 14.1. The summed E-state index contributed by atoms with van der Waals surface area (Å²) >= 11 is 0. The fourth-order valence-electron chi connectivity index (χ4n) is 12.5. The fourth-order valence-corrected chi connectivity index (χ4v) is 12.5. The molecule has 0 aromatic heterocycles. The van der Waals surface area contributed by atoms with Gasteiger partial charge in [0.2, 0.25) is 5.79 Å². The first-order chi connectivity index (χ1) is 29.7. The summed E-state index contributed by atoms with van der Waals surface area (Å²) in [5, 5.41) is 45.4. The highest BCUT2D eigenvalue weighted by molar-refractivity contribution is 5.87. The molecule has 352 valence electrons. The van der Waals surface area contributed by atoms with Crippen molar-refractivity contribution in [3.05, 3.63) is 23.8 Å². The lowest BCUT2D eigenvalue weighted by atomic mass is 9.87. The zero-order chi connectivity index (χ0) is 44.9. The first-order valence-electron chi connectivity index (χ1n) is 23.5. The number of carbonyl (C=O) groups excluding carboxylic acids is 2. The number of esters is 1. The van der Waals surface area contributed by atoms with Gasteiger partial charge in [0.1, 0.15) is 48.3 Å². The number of aliphatic hydroxyl groups excluding tert-OH is 2. The second kappa shape index (κ2) is 16.5. The van der Waals surface area contributed by atoms with Crippen molar-refractivity contribution in [3.63, 3.8) is 0 Å². The van der Waals surface area contributed by atoms with Crippen molar-refractivity contribution in [1.29, 1.82) is 0 Å². The molecule has 63 heavy (non-hydrogen) atoms. The van der Waals surface area contributed by atoms with E-state index in [1.165, 1.54) is 0 Å². The Balaban J connectivity index is 1.01. The summed E-state index contributed by atoms with van der Waals surface area (Å²) in [7, 11) is 0. The van der Waals surface area contributed by atoms with Crippen molar-refractivity contribution in [1.82, 2.24) is 0 Å². The molecule has 8 saturated heterocycles. The molecule has 9 heterocycles. The van der Waals surface area contributed by atoms with Crippen molar-refractivity contribution >= 4 is 17.7 Å². The normalized spacial score (nSPS) is 54.2. The summed E-state index contributed by atoms with van der Waals surface area (Å²) in [6, 6.07) is 0. The van der Waals surface area contributed by atoms with Gasteiger partial charge in [0.25, 0.3) is 0 Å². The van der Waals surface area contributed by atoms with Gasteiger partial charge in [-0.3, -0.25) is 9.59 Å². The highest BCUT2D eigenvalue weighted by Gasteiger charge is 2.68. The third-order valence-corrected chi connectivity index (χ3v) is 16.0. The lowest BCUT2D eigenvalue weighted by Gasteiger charge is -2.46. The van der Waals surface area contributed by atoms with E-state index in [0.29, 0.717) is 57.8 Å². The van der Waals surface area contributed by atoms with Crippen molar-refractivity contribution in [2.75, 3.05) is 6.61 Å². The number of aliphatic carboxylic acids is 1. The van der Waals surface area contributed by atoms with Gasteiger partial charge in [-0.25, -0.2) is 4.79 Å². The number of hydrogen-bond donors (Lipinski definition) is 4. The van der Waals surface area contributed by atoms with E-state index in [4.69, 9.17) is 42.6 Å². The fraction of sp³-hybridized carbons (Fsp3) is 0.851. The van der Waals surface area contributed by atoms with E-state index in [1.807, 2.05) is 32.9 Å². The second-order valence-corrected chi connectivity index (χ2v) is 21.1. The van der Waals surface area contributed by atoms with Crippen LogP contribution in [0.15, 0.2) is 23.8 Å². The number of carbonyl (C=O) groups is 3. The first-order valence-corrected chi connectivity index (χ1v) is 23.5. The minimum Gasteiger partial charge on any atom is -0.479 e. The Hall–Kier alpha value is -2.35. The van der Waals surface area contributed by atoms with E-state index in [9.17, 15) is 34.8 Å². The Morgan fingerprint density at radius 3 is 2.37 bits per heavy atom. The van der Waals surface area contributed by atoms with Gasteiger partial charge < -0.3 is 63.1 Å². The Kier molecular flexibility index (Phi) is 12.0. The van der Waals surface area contributed by atoms with Crippen LogP contribution in [0.3, 0.4) is 0 Å². The summed E-state index contributed by atoms with van der Waals surface area (Å²) in [4.78, 5) is 40.9. The van der Waals surface area contributed by atoms with Gasteiger partial charge in [0.05, 0.1) is 36.4 Å². The number of carboxylic acids is 1. The summed E-state index contributed by atoms with van der Waals surface area (Å²) < 4.78 is 58.2. The summed E-state index contributed by atoms with van der Waals surface area (Å²) in [6.07, 6.45) is 2.32. The van der Waals surface area contributed by atoms with Gasteiger partial charge in [0, 0.05) is 38.5 Å². The van der Waals surface area contributed by atoms with E-state index in [2.05, 4.69) is 13.0 Å². The molecule has 0 aromatic carbocycles. The largest absolute Gasteiger partial charge is 0.479 e. The van der Waals surface area contributed by atoms with Crippen LogP contribution in [0.5, 0.6) is 0 Å². The molecule has 0 aromatic rings. The maximum atomic E-state index is 14.1. The molecule has 16 heteroatoms. The molecule has 0 amide bonds. The number of fused-ring (bicyclic) bond motifs is 10. The van der Waals surface area contributed by atoms with Gasteiger partial charge in [-0.2, -0.15) is 0 Å². The first kappa shape index (κ1) is 45.8. The molecule has 8 fully saturated rings. The molecule has 10 bridgehead atoms. The molecule has 2 spiro atoms. The predicted octanol–water partition coefficient (Wildman–Crippen LogP) is 4.32. The van der Waals surface area contributed by atoms with Crippen LogP contribution < -0.4 is 0 Å². The molecular weight excluding hydrogens is 821 g/mol. The highest BCUT2D eigenvalue weighted by Crippen LogP contribution is 2.55. The van der Waals surface area contributed by atoms with Crippen LogP contribution >= 0.6 is 0 Å². The number of Topliss-reactive ketones (excluding diaryl/α,β-unsaturated/α-hetero) is 1. The third kappa shape index (κ3) is 8.18. The van der Waals surface area contributed by atoms with Crippen LogP contribution in [0.2, 0.25) is 0 Å². The van der Waals surface area contributed by atoms with Crippen molar-refractivity contribution < 1.29 is 77.4 Å². The van der Waals surface area contributed by atoms with Gasteiger partial charge in [-0.05, 0) is 90.9 Å². The second-order valence-electron chi connectivity index (χ2n) is 21.1. The smallest absolute Gasteiger partial charge is 0.336 e. The number of carboxylic acid groups (broad SMARTS) is 1. The minimum atomic E-state index is -1.99. The summed E-state index contributed by atoms with van der Waals surface area (Å²) in [6.45, 7) is 11.6. The SMILES string of the molecule is CC1=C\[C@H](C)C[C@@]2(C)CC[C@@H](O2)C23CC[C@](C(=O)O)(C[C@@H](O2)[C@H]2O[C@](C)(CC2=O)[C@@H](O)[C@@H]2CCC4(CCC[C@H](O4)[C@@H](C)C(=O)O[C@@H]4C[C@@H]([C@@]5(O)OCC[C@@H](C)[C@H]5O)O[C@@H]4\C=C\1)O2)O3. The molecular formula is C47H68O16. The van der Waals surface area contributed by atoms with Crippen LogP contribution in [0.4, 0.5) is 0 Å². The van der Waals surface area contributed by atoms with E-state index < -0.39 is 113 Å². The van der Waals surface area contributed by atoms with Gasteiger partial charge >= 0.3 is 11.9 Å². The average molecular weight is 889 g/mol. The molecule has 0 saturated carbocycles. The summed E-state index contributed by atoms with van der Waals surface area (Å²) in [5.74, 6) is -7.29. The Morgan fingerprint density at radius 1 is 0.810 bits per heavy atom. The van der Waals surface area contributed by atoms with Crippen LogP contribution in [0, 0.1) is 17.8 Å². The monoisotopic (exact) mass is 888 g/mol. The maximum Gasteiger partial charge on any atom is 0.336 e. The minimum absolute atomic E-state index is 0.0310. The van der Waals surface area contributed by atoms with Gasteiger partial charge in [-0.1, -0.05) is 37.6 Å². The van der Waals surface area contributed by atoms with E-state index >= 15 is 0 Å². The van der Waals surface area contributed by atoms with Crippen LogP contribution in [-0.4, -0.2) is 140 Å². The molecule has 2 unspecified atom stereocenters. The van der Waals surface area contributed by atoms with Crippen molar-refractivity contribution in [3.8, 4) is 0 Å². The number of ether oxygens (including phenoxy) is 9. The van der Waals surface area contributed by atoms with E-state index in [0.717, 1.165) is 5.57 Å². The zero-order valence-corrected chi connectivity index (χ0v) is 37.5. The van der Waals surface area contributed by atoms with E-state index in [-0.39, 0.29) is 56.3 Å². The third-order valence-electron chi connectivity index (χ3n) is 16.0. The summed E-state index contributed by atoms with van der Waals surface area (Å²) in [5.41, 5.74) is -2.63. The highest BCUT2D eigenvalue weighted by atomic mass is 16.8. The van der Waals surface area contributed by atoms with Gasteiger partial charge in [0.15, 0.2) is 23.0 Å². The Labute approximate surface area is 369 Å². The lowest BCUT2D eigenvalue weighted by molar-refractivity contribution is -0.358. The molecule has 16 nitrogen and oxygen atoms in total. The standard InChI is InChI=1S/C47H68O16/c1-25-9-10-31-33(21-36(56-31)47(54)38(49)27(3)13-19-55-47)57-40(51)28(4)30-8-7-14-45(58-30)16-11-32(59-45)39(50)43(6)23-29(48)37(62-43)34-24-44(41(52)53)17-18-46(60-34,63-44)35-12-15-42(5,61-35)22-26(2)20-25/h9-10,20,26-28,30-39,49-50,54H,7-8,11-19,21-24H2,1-6H3,(H,52,53)/b10-9+,25-20+/t26-,27+,28+,30-,31+,32-,33+,34+,35+,36-,37-,38+,39-,42+,43+,44+,45?,46?,47+/m0/s1. The van der Waals surface area contributed by atoms with Crippen LogP contribution in [0.25, 0.3) is 0 Å². The van der Waals surface area contributed by atoms with Crippen LogP contribution in [-0.2, 0) is 57.0 Å². The molecule has 0 radical (unpaired) electrons. The number of allylic oxidation sites excluding steroid dienone is 3. The molecule has 9 aliphatic heterocycles. The molecule has 9 aliphatic rings. The van der Waals surface area contributed by atoms with Crippen molar-refractivity contribution in [2.24, 2.45) is 17.8 Å². The molecule has 4 N–H and O–H groups in total. The topological polar surface area (TPSA) is 215 Å². The average Bonchev–Trinajstić information content (AvgIpc) is 4.06. The number of hydrogen-bond acceptors (Lipinski definition) is 15. The van der Waals surface area contributed by atoms with Crippen molar-refractivity contribution in [2.45, 2.75) is 227 Å². The quantitative estimate of drug-likeness (QED) is 0.284. The Morgan fingerprint density at radius 2 is 1.59 bits per heavy atom. The zero-order valence-electron chi connectivity index (χ0n) is 37.5. The predicted molar refractivity (Wildman–Crippen MR) is 220 cm³/mol. The van der Waals surface area contributed by atoms with Crippen LogP contribution in [0.1, 0.15) is 131 Å². The molecule has 9 rings (SSSR count). The van der Waals surface area contributed by atoms with Gasteiger partial charge in [-0.15, -0.1) is 0 Å². The van der Waals surface area contributed by atoms with E-state index in [1.54, 1.807) is 13.8 Å². The number of ketones is 1. The number of rotatable bonds is 2. The molecule has 19 atom stereocenters. The lowest BCUT2D eigenvalue weighted by Crippen LogP contribution is -2.60. The number of aliphatic hydroxyl groups is 3. The molecule has 0 aliphatic carbocycles. The Bertz CT molecular complexity index is 1860.